The first kappa shape index (κ1) is 12.6. The minimum atomic E-state index is 0.516. The average Bonchev–Trinajstić information content (AvgIpc) is 3.25. The summed E-state index contributed by atoms with van der Waals surface area (Å²) in [6.45, 7) is 2.31. The van der Waals surface area contributed by atoms with E-state index in [9.17, 15) is 0 Å². The molecule has 1 saturated carbocycles. The van der Waals surface area contributed by atoms with Crippen molar-refractivity contribution in [1.29, 1.82) is 0 Å². The summed E-state index contributed by atoms with van der Waals surface area (Å²) in [6.07, 6.45) is 10.8. The van der Waals surface area contributed by atoms with Crippen molar-refractivity contribution < 1.29 is 0 Å². The lowest BCUT2D eigenvalue weighted by Crippen LogP contribution is -2.28. The fourth-order valence-corrected chi connectivity index (χ4v) is 3.82. The molecule has 108 valence electrons. The maximum atomic E-state index is 4.14. The lowest BCUT2D eigenvalue weighted by atomic mass is 9.87. The third-order valence-corrected chi connectivity index (χ3v) is 4.92. The molecule has 1 fully saturated rings. The Labute approximate surface area is 124 Å². The monoisotopic (exact) mass is 280 g/mol. The SMILES string of the molecule is CC(Nc1ccc(-n2cncn2)cc1)C1CC2C=CC1C2. The highest BCUT2D eigenvalue weighted by molar-refractivity contribution is 5.49. The zero-order chi connectivity index (χ0) is 14.2. The number of rotatable bonds is 4. The van der Waals surface area contributed by atoms with E-state index >= 15 is 0 Å². The Bertz CT molecular complexity index is 629. The topological polar surface area (TPSA) is 42.7 Å². The summed E-state index contributed by atoms with van der Waals surface area (Å²) in [5.41, 5.74) is 2.21. The van der Waals surface area contributed by atoms with Gasteiger partial charge in [0, 0.05) is 11.7 Å². The van der Waals surface area contributed by atoms with Crippen molar-refractivity contribution in [3.05, 3.63) is 49.1 Å². The van der Waals surface area contributed by atoms with Gasteiger partial charge < -0.3 is 5.32 Å². The van der Waals surface area contributed by atoms with Crippen LogP contribution in [-0.4, -0.2) is 20.8 Å². The van der Waals surface area contributed by atoms with Gasteiger partial charge in [-0.15, -0.1) is 0 Å². The van der Waals surface area contributed by atoms with Gasteiger partial charge in [-0.3, -0.25) is 0 Å². The van der Waals surface area contributed by atoms with Gasteiger partial charge >= 0.3 is 0 Å². The summed E-state index contributed by atoms with van der Waals surface area (Å²) in [5, 5.41) is 7.81. The summed E-state index contributed by atoms with van der Waals surface area (Å²) in [4.78, 5) is 3.97. The largest absolute Gasteiger partial charge is 0.382 e. The average molecular weight is 280 g/mol. The predicted molar refractivity (Wildman–Crippen MR) is 83.3 cm³/mol. The Morgan fingerprint density at radius 2 is 2.05 bits per heavy atom. The van der Waals surface area contributed by atoms with Crippen molar-refractivity contribution in [2.24, 2.45) is 17.8 Å². The van der Waals surface area contributed by atoms with Crippen LogP contribution in [0.15, 0.2) is 49.1 Å². The Morgan fingerprint density at radius 1 is 1.19 bits per heavy atom. The first-order valence-electron chi connectivity index (χ1n) is 7.69. The lowest BCUT2D eigenvalue weighted by Gasteiger charge is -2.27. The molecule has 0 amide bonds. The standard InChI is InChI=1S/C17H20N4/c1-12(17-9-13-2-3-14(17)8-13)20-15-4-6-16(7-5-15)21-11-18-10-19-21/h2-7,10-14,17,20H,8-9H2,1H3. The van der Waals surface area contributed by atoms with Gasteiger partial charge in [-0.2, -0.15) is 5.10 Å². The highest BCUT2D eigenvalue weighted by Gasteiger charge is 2.38. The van der Waals surface area contributed by atoms with E-state index in [0.717, 1.165) is 23.4 Å². The number of hydrogen-bond acceptors (Lipinski definition) is 3. The Balaban J connectivity index is 1.44. The minimum absolute atomic E-state index is 0.516. The van der Waals surface area contributed by atoms with Gasteiger partial charge in [0.1, 0.15) is 12.7 Å². The second kappa shape index (κ2) is 5.02. The lowest BCUT2D eigenvalue weighted by molar-refractivity contribution is 0.400. The number of fused-ring (bicyclic) bond motifs is 2. The van der Waals surface area contributed by atoms with Crippen molar-refractivity contribution in [2.45, 2.75) is 25.8 Å². The number of anilines is 1. The van der Waals surface area contributed by atoms with Gasteiger partial charge in [0.15, 0.2) is 0 Å². The molecule has 0 spiro atoms. The van der Waals surface area contributed by atoms with Gasteiger partial charge in [-0.05, 0) is 61.8 Å². The van der Waals surface area contributed by atoms with Gasteiger partial charge in [-0.1, -0.05) is 12.2 Å². The molecular weight excluding hydrogens is 260 g/mol. The highest BCUT2D eigenvalue weighted by atomic mass is 15.3. The molecule has 1 N–H and O–H groups in total. The Kier molecular flexibility index (Phi) is 3.02. The molecule has 2 aliphatic rings. The van der Waals surface area contributed by atoms with Crippen LogP contribution in [0.3, 0.4) is 0 Å². The fourth-order valence-electron chi connectivity index (χ4n) is 3.82. The molecule has 2 bridgehead atoms. The maximum absolute atomic E-state index is 4.14. The van der Waals surface area contributed by atoms with Crippen LogP contribution >= 0.6 is 0 Å². The molecule has 4 heteroatoms. The molecule has 1 heterocycles. The summed E-state index contributed by atoms with van der Waals surface area (Å²) in [6, 6.07) is 8.91. The molecule has 4 atom stereocenters. The summed E-state index contributed by atoms with van der Waals surface area (Å²) in [7, 11) is 0. The summed E-state index contributed by atoms with van der Waals surface area (Å²) in [5.74, 6) is 2.39. The number of hydrogen-bond donors (Lipinski definition) is 1. The van der Waals surface area contributed by atoms with Gasteiger partial charge in [0.2, 0.25) is 0 Å². The number of allylic oxidation sites excluding steroid dienone is 2. The van der Waals surface area contributed by atoms with Crippen molar-refractivity contribution in [3.63, 3.8) is 0 Å². The molecule has 1 aromatic heterocycles. The van der Waals surface area contributed by atoms with Crippen LogP contribution in [-0.2, 0) is 0 Å². The van der Waals surface area contributed by atoms with E-state index in [1.54, 1.807) is 17.3 Å². The Morgan fingerprint density at radius 3 is 2.67 bits per heavy atom. The van der Waals surface area contributed by atoms with E-state index < -0.39 is 0 Å². The third kappa shape index (κ3) is 2.35. The second-order valence-electron chi connectivity index (χ2n) is 6.26. The smallest absolute Gasteiger partial charge is 0.138 e. The number of nitrogens with one attached hydrogen (secondary N) is 1. The van der Waals surface area contributed by atoms with Crippen LogP contribution in [0.5, 0.6) is 0 Å². The van der Waals surface area contributed by atoms with Crippen molar-refractivity contribution in [3.8, 4) is 5.69 Å². The van der Waals surface area contributed by atoms with Crippen LogP contribution < -0.4 is 5.32 Å². The van der Waals surface area contributed by atoms with Crippen LogP contribution in [0.1, 0.15) is 19.8 Å². The number of aromatic nitrogens is 3. The molecular formula is C17H20N4. The molecule has 2 aliphatic carbocycles. The van der Waals surface area contributed by atoms with E-state index in [1.807, 2.05) is 0 Å². The molecule has 4 rings (SSSR count). The van der Waals surface area contributed by atoms with Crippen molar-refractivity contribution >= 4 is 5.69 Å². The highest BCUT2D eigenvalue weighted by Crippen LogP contribution is 2.45. The van der Waals surface area contributed by atoms with E-state index in [0.29, 0.717) is 6.04 Å². The van der Waals surface area contributed by atoms with Gasteiger partial charge in [-0.25, -0.2) is 9.67 Å². The van der Waals surface area contributed by atoms with Crippen LogP contribution in [0, 0.1) is 17.8 Å². The molecule has 21 heavy (non-hydrogen) atoms. The molecule has 4 nitrogen and oxygen atoms in total. The first-order valence-corrected chi connectivity index (χ1v) is 7.69. The minimum Gasteiger partial charge on any atom is -0.382 e. The molecule has 0 aliphatic heterocycles. The van der Waals surface area contributed by atoms with Crippen molar-refractivity contribution in [1.82, 2.24) is 14.8 Å². The van der Waals surface area contributed by atoms with Crippen LogP contribution in [0.25, 0.3) is 5.69 Å². The van der Waals surface area contributed by atoms with Gasteiger partial charge in [0.05, 0.1) is 5.69 Å². The quantitative estimate of drug-likeness (QED) is 0.874. The zero-order valence-electron chi connectivity index (χ0n) is 12.2. The summed E-state index contributed by atoms with van der Waals surface area (Å²) < 4.78 is 1.77. The molecule has 1 aromatic carbocycles. The van der Waals surface area contributed by atoms with Crippen LogP contribution in [0.2, 0.25) is 0 Å². The normalized spacial score (nSPS) is 28.0. The van der Waals surface area contributed by atoms with Gasteiger partial charge in [0.25, 0.3) is 0 Å². The van der Waals surface area contributed by atoms with E-state index in [4.69, 9.17) is 0 Å². The van der Waals surface area contributed by atoms with E-state index in [2.05, 4.69) is 58.7 Å². The van der Waals surface area contributed by atoms with Crippen molar-refractivity contribution in [2.75, 3.05) is 5.32 Å². The summed E-state index contributed by atoms with van der Waals surface area (Å²) >= 11 is 0. The van der Waals surface area contributed by atoms with Crippen LogP contribution in [0.4, 0.5) is 5.69 Å². The molecule has 0 radical (unpaired) electrons. The first-order chi connectivity index (χ1) is 10.3. The third-order valence-electron chi connectivity index (χ3n) is 4.92. The van der Waals surface area contributed by atoms with E-state index in [1.165, 1.54) is 18.5 Å². The fraction of sp³-hybridized carbons (Fsp3) is 0.412. The maximum Gasteiger partial charge on any atom is 0.138 e. The Hall–Kier alpha value is -2.10. The number of benzene rings is 1. The molecule has 4 unspecified atom stereocenters. The molecule has 2 aromatic rings. The number of nitrogens with zero attached hydrogens (tertiary/aromatic N) is 3. The zero-order valence-corrected chi connectivity index (χ0v) is 12.2. The molecule has 0 saturated heterocycles. The second-order valence-corrected chi connectivity index (χ2v) is 6.26. The predicted octanol–water partition coefficient (Wildman–Crippen LogP) is 3.28. The van der Waals surface area contributed by atoms with E-state index in [-0.39, 0.29) is 0 Å².